The van der Waals surface area contributed by atoms with Gasteiger partial charge in [0.25, 0.3) is 0 Å². The van der Waals surface area contributed by atoms with Crippen LogP contribution in [0.2, 0.25) is 0 Å². The standard InChI is InChI=1S/C31H24N10O/c32-28-22(6-2-11-34-28)30-36-24-9-10-25(40-13-3-12-35-40)37-31(24)41(30)19-14-17-4-1-5-20(17)23(15-19)21-8-7-18(16-42)27-26(21)29(33)39-38-27/h2-3,6-16H,1,4-5H2,(H2,32,34)(H3,33,38,39). The number of anilines is 2. The Kier molecular flexibility index (Phi) is 5.20. The number of nitrogens with one attached hydrogen (secondary N) is 1. The van der Waals surface area contributed by atoms with Crippen molar-refractivity contribution in [2.75, 3.05) is 11.5 Å². The fourth-order valence-electron chi connectivity index (χ4n) is 6.07. The van der Waals surface area contributed by atoms with Crippen LogP contribution in [0.25, 0.3) is 56.1 Å². The summed E-state index contributed by atoms with van der Waals surface area (Å²) in [5.41, 5.74) is 21.3. The number of nitrogens with zero attached hydrogens (tertiary/aromatic N) is 7. The van der Waals surface area contributed by atoms with Gasteiger partial charge in [0, 0.05) is 24.2 Å². The molecule has 0 atom stereocenters. The van der Waals surface area contributed by atoms with Gasteiger partial charge in [-0.1, -0.05) is 6.07 Å². The molecule has 204 valence electrons. The molecule has 0 aliphatic heterocycles. The lowest BCUT2D eigenvalue weighted by Crippen LogP contribution is -2.05. The van der Waals surface area contributed by atoms with E-state index >= 15 is 0 Å². The Balaban J connectivity index is 1.45. The molecule has 5 N–H and O–H groups in total. The highest BCUT2D eigenvalue weighted by Gasteiger charge is 2.25. The molecule has 5 aromatic heterocycles. The maximum absolute atomic E-state index is 11.8. The first-order valence-electron chi connectivity index (χ1n) is 13.6. The molecule has 0 unspecified atom stereocenters. The van der Waals surface area contributed by atoms with Crippen LogP contribution < -0.4 is 11.5 Å². The van der Waals surface area contributed by atoms with E-state index in [0.717, 1.165) is 47.7 Å². The van der Waals surface area contributed by atoms with Crippen LogP contribution in [0.15, 0.2) is 73.2 Å². The van der Waals surface area contributed by atoms with Crippen LogP contribution in [0.3, 0.4) is 0 Å². The number of hydrogen-bond donors (Lipinski definition) is 3. The van der Waals surface area contributed by atoms with Crippen LogP contribution in [0.1, 0.15) is 27.9 Å². The first-order valence-corrected chi connectivity index (χ1v) is 13.6. The Hall–Kier alpha value is -5.84. The van der Waals surface area contributed by atoms with E-state index in [0.29, 0.717) is 51.1 Å². The molecule has 0 radical (unpaired) electrons. The Bertz CT molecular complexity index is 2170. The molecule has 11 nitrogen and oxygen atoms in total. The minimum Gasteiger partial charge on any atom is -0.383 e. The summed E-state index contributed by atoms with van der Waals surface area (Å²) in [5, 5.41) is 12.3. The zero-order valence-corrected chi connectivity index (χ0v) is 22.3. The fraction of sp³-hybridized carbons (Fsp3) is 0.0968. The van der Waals surface area contributed by atoms with Gasteiger partial charge in [0.05, 0.1) is 22.2 Å². The lowest BCUT2D eigenvalue weighted by molar-refractivity contribution is 0.112. The van der Waals surface area contributed by atoms with Crippen LogP contribution in [-0.4, -0.2) is 45.8 Å². The third-order valence-corrected chi connectivity index (χ3v) is 7.97. The summed E-state index contributed by atoms with van der Waals surface area (Å²) in [6.45, 7) is 0. The molecule has 0 spiro atoms. The van der Waals surface area contributed by atoms with Crippen LogP contribution in [0.4, 0.5) is 11.6 Å². The minimum absolute atomic E-state index is 0.350. The third kappa shape index (κ3) is 3.53. The molecule has 1 aliphatic rings. The zero-order chi connectivity index (χ0) is 28.4. The van der Waals surface area contributed by atoms with E-state index < -0.39 is 0 Å². The van der Waals surface area contributed by atoms with E-state index in [1.54, 1.807) is 17.1 Å². The Morgan fingerprint density at radius 3 is 2.67 bits per heavy atom. The van der Waals surface area contributed by atoms with Gasteiger partial charge in [0.1, 0.15) is 11.3 Å². The second kappa shape index (κ2) is 9.10. The highest BCUT2D eigenvalue weighted by molar-refractivity contribution is 6.08. The number of aryl methyl sites for hydroxylation is 1. The monoisotopic (exact) mass is 552 g/mol. The average Bonchev–Trinajstić information content (AvgIpc) is 3.82. The number of aromatic nitrogens is 8. The van der Waals surface area contributed by atoms with E-state index in [1.165, 1.54) is 11.1 Å². The summed E-state index contributed by atoms with van der Waals surface area (Å²) in [7, 11) is 0. The van der Waals surface area contributed by atoms with Crippen LogP contribution in [-0.2, 0) is 12.8 Å². The summed E-state index contributed by atoms with van der Waals surface area (Å²) >= 11 is 0. The number of carbonyl (C=O) groups excluding carboxylic acids is 1. The summed E-state index contributed by atoms with van der Waals surface area (Å²) in [6.07, 6.45) is 8.97. The average molecular weight is 553 g/mol. The largest absolute Gasteiger partial charge is 0.383 e. The molecule has 0 saturated carbocycles. The highest BCUT2D eigenvalue weighted by atomic mass is 16.1. The second-order valence-electron chi connectivity index (χ2n) is 10.3. The molecular formula is C31H24N10O. The first-order chi connectivity index (χ1) is 20.6. The summed E-state index contributed by atoms with van der Waals surface area (Å²) in [5.74, 6) is 2.02. The molecule has 5 heterocycles. The zero-order valence-electron chi connectivity index (χ0n) is 22.3. The number of carbonyl (C=O) groups is 1. The Morgan fingerprint density at radius 2 is 1.83 bits per heavy atom. The topological polar surface area (TPSA) is 159 Å². The van der Waals surface area contributed by atoms with Crippen molar-refractivity contribution >= 4 is 40.0 Å². The van der Waals surface area contributed by atoms with Gasteiger partial charge in [-0.15, -0.1) is 0 Å². The van der Waals surface area contributed by atoms with Gasteiger partial charge in [-0.3, -0.25) is 14.5 Å². The van der Waals surface area contributed by atoms with Crippen molar-refractivity contribution in [1.29, 1.82) is 0 Å². The molecule has 0 saturated heterocycles. The van der Waals surface area contributed by atoms with Crippen molar-refractivity contribution in [3.63, 3.8) is 0 Å². The molecule has 2 aromatic carbocycles. The summed E-state index contributed by atoms with van der Waals surface area (Å²) in [4.78, 5) is 26.1. The van der Waals surface area contributed by atoms with Crippen LogP contribution in [0.5, 0.6) is 0 Å². The smallest absolute Gasteiger partial charge is 0.167 e. The minimum atomic E-state index is 0.350. The predicted octanol–water partition coefficient (Wildman–Crippen LogP) is 4.68. The van der Waals surface area contributed by atoms with Gasteiger partial charge >= 0.3 is 0 Å². The summed E-state index contributed by atoms with van der Waals surface area (Å²) in [6, 6.07) is 17.6. The van der Waals surface area contributed by atoms with Crippen molar-refractivity contribution in [3.05, 3.63) is 89.9 Å². The van der Waals surface area contributed by atoms with Gasteiger partial charge in [0.15, 0.2) is 29.4 Å². The SMILES string of the molecule is Nc1ncccc1-c1nc2ccc(-n3cccn3)nc2n1-c1cc2c(c(-c3ccc(C=O)c4[nH]nc(N)c34)c1)CCC2. The van der Waals surface area contributed by atoms with E-state index in [2.05, 4.69) is 32.4 Å². The fourth-order valence-corrected chi connectivity index (χ4v) is 6.07. The van der Waals surface area contributed by atoms with Crippen molar-refractivity contribution in [3.8, 4) is 34.0 Å². The molecule has 0 fully saturated rings. The molecule has 0 bridgehead atoms. The molecule has 7 aromatic rings. The lowest BCUT2D eigenvalue weighted by Gasteiger charge is -2.17. The van der Waals surface area contributed by atoms with E-state index in [4.69, 9.17) is 21.4 Å². The number of H-pyrrole nitrogens is 1. The maximum Gasteiger partial charge on any atom is 0.167 e. The van der Waals surface area contributed by atoms with E-state index in [1.807, 2.05) is 53.2 Å². The second-order valence-corrected chi connectivity index (χ2v) is 10.3. The quantitative estimate of drug-likeness (QED) is 0.260. The van der Waals surface area contributed by atoms with Gasteiger partial charge in [-0.05, 0) is 90.0 Å². The Morgan fingerprint density at radius 1 is 0.905 bits per heavy atom. The number of aromatic amines is 1. The van der Waals surface area contributed by atoms with Crippen molar-refractivity contribution in [2.24, 2.45) is 0 Å². The van der Waals surface area contributed by atoms with E-state index in [9.17, 15) is 4.79 Å². The van der Waals surface area contributed by atoms with Gasteiger partial charge in [-0.25, -0.2) is 19.6 Å². The number of nitrogens with two attached hydrogens (primary N) is 2. The van der Waals surface area contributed by atoms with Gasteiger partial charge in [0.2, 0.25) is 0 Å². The predicted molar refractivity (Wildman–Crippen MR) is 161 cm³/mol. The molecule has 42 heavy (non-hydrogen) atoms. The first kappa shape index (κ1) is 24.0. The molecule has 1 aliphatic carbocycles. The number of hydrogen-bond acceptors (Lipinski definition) is 8. The number of rotatable bonds is 5. The van der Waals surface area contributed by atoms with Crippen LogP contribution in [0, 0.1) is 0 Å². The summed E-state index contributed by atoms with van der Waals surface area (Å²) < 4.78 is 3.75. The highest BCUT2D eigenvalue weighted by Crippen LogP contribution is 2.41. The molecule has 0 amide bonds. The van der Waals surface area contributed by atoms with Crippen molar-refractivity contribution in [1.82, 2.24) is 39.5 Å². The number of fused-ring (bicyclic) bond motifs is 3. The number of nitrogen functional groups attached to an aromatic ring is 2. The van der Waals surface area contributed by atoms with Gasteiger partial charge in [-0.2, -0.15) is 10.2 Å². The lowest BCUT2D eigenvalue weighted by atomic mass is 9.92. The van der Waals surface area contributed by atoms with E-state index in [-0.39, 0.29) is 0 Å². The number of pyridine rings is 2. The molecular weight excluding hydrogens is 528 g/mol. The number of aldehydes is 1. The van der Waals surface area contributed by atoms with Gasteiger partial charge < -0.3 is 11.5 Å². The normalized spacial score (nSPS) is 12.8. The van der Waals surface area contributed by atoms with Crippen molar-refractivity contribution < 1.29 is 4.79 Å². The Labute approximate surface area is 238 Å². The number of benzene rings is 2. The molecule has 11 heteroatoms. The third-order valence-electron chi connectivity index (χ3n) is 7.97. The maximum atomic E-state index is 11.8. The van der Waals surface area contributed by atoms with Crippen LogP contribution >= 0.6 is 0 Å². The van der Waals surface area contributed by atoms with Crippen molar-refractivity contribution in [2.45, 2.75) is 19.3 Å². The number of imidazole rings is 1. The molecule has 8 rings (SSSR count).